The van der Waals surface area contributed by atoms with Gasteiger partial charge >= 0.3 is 0 Å². The summed E-state index contributed by atoms with van der Waals surface area (Å²) in [6.07, 6.45) is 3.55. The minimum Gasteiger partial charge on any atom is -0.332 e. The monoisotopic (exact) mass is 392 g/mol. The van der Waals surface area contributed by atoms with E-state index < -0.39 is 0 Å². The lowest BCUT2D eigenvalue weighted by Gasteiger charge is -2.28. The molecule has 3 heterocycles. The maximum absolute atomic E-state index is 13.3. The SMILES string of the molecule is Cc1cc(-c2ccc(F)cc2)cc([C@H]2CCCN2C(=O)[C@@H](C)n2nccc2C)n1. The van der Waals surface area contributed by atoms with Gasteiger partial charge < -0.3 is 4.90 Å². The van der Waals surface area contributed by atoms with Crippen LogP contribution in [0, 0.1) is 19.7 Å². The van der Waals surface area contributed by atoms with E-state index >= 15 is 0 Å². The number of benzene rings is 1. The highest BCUT2D eigenvalue weighted by molar-refractivity contribution is 5.81. The lowest BCUT2D eigenvalue weighted by molar-refractivity contribution is -0.135. The third kappa shape index (κ3) is 3.79. The summed E-state index contributed by atoms with van der Waals surface area (Å²) in [6, 6.07) is 12.0. The van der Waals surface area contributed by atoms with Crippen LogP contribution < -0.4 is 0 Å². The fourth-order valence-electron chi connectivity index (χ4n) is 4.14. The van der Waals surface area contributed by atoms with Gasteiger partial charge in [-0.2, -0.15) is 5.10 Å². The number of hydrogen-bond acceptors (Lipinski definition) is 3. The predicted molar refractivity (Wildman–Crippen MR) is 110 cm³/mol. The average Bonchev–Trinajstić information content (AvgIpc) is 3.36. The summed E-state index contributed by atoms with van der Waals surface area (Å²) in [4.78, 5) is 19.9. The molecule has 2 atom stereocenters. The van der Waals surface area contributed by atoms with Crippen molar-refractivity contribution in [2.45, 2.75) is 45.7 Å². The van der Waals surface area contributed by atoms with Gasteiger partial charge in [-0.05, 0) is 75.1 Å². The first-order valence-corrected chi connectivity index (χ1v) is 9.99. The predicted octanol–water partition coefficient (Wildman–Crippen LogP) is 4.63. The number of aromatic nitrogens is 3. The Balaban J connectivity index is 1.64. The van der Waals surface area contributed by atoms with E-state index in [2.05, 4.69) is 5.10 Å². The van der Waals surface area contributed by atoms with Crippen molar-refractivity contribution in [2.75, 3.05) is 6.54 Å². The van der Waals surface area contributed by atoms with E-state index in [-0.39, 0.29) is 23.8 Å². The van der Waals surface area contributed by atoms with Crippen molar-refractivity contribution in [1.29, 1.82) is 0 Å². The van der Waals surface area contributed by atoms with Gasteiger partial charge in [-0.1, -0.05) is 12.1 Å². The van der Waals surface area contributed by atoms with Gasteiger partial charge in [0.05, 0.1) is 11.7 Å². The number of likely N-dealkylation sites (tertiary alicyclic amines) is 1. The van der Waals surface area contributed by atoms with Crippen LogP contribution in [-0.4, -0.2) is 32.1 Å². The largest absolute Gasteiger partial charge is 0.332 e. The molecule has 1 aliphatic rings. The van der Waals surface area contributed by atoms with Gasteiger partial charge in [0.15, 0.2) is 0 Å². The van der Waals surface area contributed by atoms with Crippen molar-refractivity contribution >= 4 is 5.91 Å². The number of pyridine rings is 1. The molecule has 0 saturated carbocycles. The molecule has 0 bridgehead atoms. The van der Waals surface area contributed by atoms with Gasteiger partial charge in [-0.3, -0.25) is 14.5 Å². The maximum Gasteiger partial charge on any atom is 0.247 e. The normalized spacial score (nSPS) is 17.5. The van der Waals surface area contributed by atoms with E-state index in [9.17, 15) is 9.18 Å². The third-order valence-corrected chi connectivity index (χ3v) is 5.62. The molecule has 1 aromatic carbocycles. The lowest BCUT2D eigenvalue weighted by atomic mass is 10.0. The number of carbonyl (C=O) groups is 1. The van der Waals surface area contributed by atoms with Crippen molar-refractivity contribution in [2.24, 2.45) is 0 Å². The zero-order valence-electron chi connectivity index (χ0n) is 17.0. The molecule has 0 radical (unpaired) electrons. The van der Waals surface area contributed by atoms with Crippen LogP contribution in [0.15, 0.2) is 48.7 Å². The highest BCUT2D eigenvalue weighted by Gasteiger charge is 2.34. The quantitative estimate of drug-likeness (QED) is 0.651. The van der Waals surface area contributed by atoms with E-state index in [1.54, 1.807) is 23.0 Å². The lowest BCUT2D eigenvalue weighted by Crippen LogP contribution is -2.36. The summed E-state index contributed by atoms with van der Waals surface area (Å²) in [7, 11) is 0. The smallest absolute Gasteiger partial charge is 0.247 e. The second-order valence-corrected chi connectivity index (χ2v) is 7.71. The van der Waals surface area contributed by atoms with Crippen LogP contribution in [0.2, 0.25) is 0 Å². The number of rotatable bonds is 4. The van der Waals surface area contributed by atoms with Crippen molar-refractivity contribution in [3.05, 3.63) is 71.6 Å². The Labute approximate surface area is 170 Å². The van der Waals surface area contributed by atoms with E-state index in [1.165, 1.54) is 12.1 Å². The van der Waals surface area contributed by atoms with Crippen LogP contribution in [0.1, 0.15) is 48.9 Å². The Morgan fingerprint density at radius 2 is 1.90 bits per heavy atom. The molecule has 1 aliphatic heterocycles. The Hall–Kier alpha value is -3.02. The molecule has 1 amide bonds. The molecule has 150 valence electrons. The molecule has 0 spiro atoms. The van der Waals surface area contributed by atoms with Crippen LogP contribution in [0.3, 0.4) is 0 Å². The Morgan fingerprint density at radius 3 is 2.59 bits per heavy atom. The van der Waals surface area contributed by atoms with Crippen LogP contribution in [0.25, 0.3) is 11.1 Å². The van der Waals surface area contributed by atoms with E-state index in [1.807, 2.05) is 43.9 Å². The molecular formula is C23H25FN4O. The van der Waals surface area contributed by atoms with Crippen LogP contribution in [0.5, 0.6) is 0 Å². The minimum atomic E-state index is -0.355. The zero-order chi connectivity index (χ0) is 20.5. The van der Waals surface area contributed by atoms with Crippen molar-refractivity contribution in [3.8, 4) is 11.1 Å². The first kappa shape index (κ1) is 19.3. The molecule has 0 unspecified atom stereocenters. The summed E-state index contributed by atoms with van der Waals surface area (Å²) < 4.78 is 15.1. The number of amides is 1. The zero-order valence-corrected chi connectivity index (χ0v) is 17.0. The summed E-state index contributed by atoms with van der Waals surface area (Å²) in [5, 5.41) is 4.30. The average molecular weight is 392 g/mol. The van der Waals surface area contributed by atoms with Gasteiger partial charge in [-0.15, -0.1) is 0 Å². The molecule has 6 heteroatoms. The summed E-state index contributed by atoms with van der Waals surface area (Å²) in [5.74, 6) is -0.193. The number of carbonyl (C=O) groups excluding carboxylic acids is 1. The minimum absolute atomic E-state index is 0.0556. The Kier molecular flexibility index (Phi) is 5.18. The second kappa shape index (κ2) is 7.78. The standard InChI is InChI=1S/C23H25FN4O/c1-15-13-19(18-6-8-20(24)9-7-18)14-21(26-15)22-5-4-12-27(22)23(29)17(3)28-16(2)10-11-25-28/h6-11,13-14,17,22H,4-5,12H2,1-3H3/t17-,22-/m1/s1. The van der Waals surface area contributed by atoms with Crippen LogP contribution in [-0.2, 0) is 4.79 Å². The van der Waals surface area contributed by atoms with Gasteiger partial charge in [0.1, 0.15) is 11.9 Å². The van der Waals surface area contributed by atoms with Crippen LogP contribution >= 0.6 is 0 Å². The van der Waals surface area contributed by atoms with E-state index in [4.69, 9.17) is 4.98 Å². The van der Waals surface area contributed by atoms with Gasteiger partial charge in [0, 0.05) is 24.1 Å². The highest BCUT2D eigenvalue weighted by Crippen LogP contribution is 2.35. The first-order chi connectivity index (χ1) is 13.9. The molecule has 0 aliphatic carbocycles. The van der Waals surface area contributed by atoms with Crippen molar-refractivity contribution in [3.63, 3.8) is 0 Å². The summed E-state index contributed by atoms with van der Waals surface area (Å²) in [5.41, 5.74) is 4.67. The summed E-state index contributed by atoms with van der Waals surface area (Å²) in [6.45, 7) is 6.52. The van der Waals surface area contributed by atoms with Crippen LogP contribution in [0.4, 0.5) is 4.39 Å². The molecule has 3 aromatic rings. The molecule has 2 aromatic heterocycles. The van der Waals surface area contributed by atoms with Gasteiger partial charge in [0.25, 0.3) is 0 Å². The second-order valence-electron chi connectivity index (χ2n) is 7.71. The van der Waals surface area contributed by atoms with Crippen molar-refractivity contribution < 1.29 is 9.18 Å². The molecule has 1 saturated heterocycles. The number of hydrogen-bond donors (Lipinski definition) is 0. The Morgan fingerprint density at radius 1 is 1.14 bits per heavy atom. The highest BCUT2D eigenvalue weighted by atomic mass is 19.1. The van der Waals surface area contributed by atoms with Gasteiger partial charge in [0.2, 0.25) is 5.91 Å². The topological polar surface area (TPSA) is 51.0 Å². The van der Waals surface area contributed by atoms with E-state index in [0.29, 0.717) is 0 Å². The Bertz CT molecular complexity index is 1030. The summed E-state index contributed by atoms with van der Waals surface area (Å²) >= 11 is 0. The maximum atomic E-state index is 13.3. The molecule has 4 rings (SSSR count). The van der Waals surface area contributed by atoms with Crippen molar-refractivity contribution in [1.82, 2.24) is 19.7 Å². The molecule has 1 fully saturated rings. The molecule has 29 heavy (non-hydrogen) atoms. The van der Waals surface area contributed by atoms with E-state index in [0.717, 1.165) is 47.6 Å². The third-order valence-electron chi connectivity index (χ3n) is 5.62. The molecule has 0 N–H and O–H groups in total. The number of aryl methyl sites for hydroxylation is 2. The number of halogens is 1. The number of nitrogens with zero attached hydrogens (tertiary/aromatic N) is 4. The first-order valence-electron chi connectivity index (χ1n) is 9.99. The fraction of sp³-hybridized carbons (Fsp3) is 0.348. The fourth-order valence-corrected chi connectivity index (χ4v) is 4.14. The molecule has 5 nitrogen and oxygen atoms in total. The van der Waals surface area contributed by atoms with Gasteiger partial charge in [-0.25, -0.2) is 4.39 Å². The molecular weight excluding hydrogens is 367 g/mol.